The van der Waals surface area contributed by atoms with Crippen molar-refractivity contribution < 1.29 is 14.0 Å². The van der Waals surface area contributed by atoms with Crippen molar-refractivity contribution in [1.82, 2.24) is 10.2 Å². The van der Waals surface area contributed by atoms with Crippen LogP contribution in [0.25, 0.3) is 0 Å². The van der Waals surface area contributed by atoms with E-state index in [9.17, 15) is 14.0 Å². The number of aryl methyl sites for hydroxylation is 1. The Kier molecular flexibility index (Phi) is 9.37. The number of carbonyl (C=O) groups is 2. The van der Waals surface area contributed by atoms with Crippen LogP contribution in [0.5, 0.6) is 0 Å². The number of hydrogen-bond donors (Lipinski definition) is 1. The lowest BCUT2D eigenvalue weighted by Gasteiger charge is -2.31. The van der Waals surface area contributed by atoms with Crippen molar-refractivity contribution in [2.75, 3.05) is 5.75 Å². The summed E-state index contributed by atoms with van der Waals surface area (Å²) in [7, 11) is 0. The smallest absolute Gasteiger partial charge is 0.243 e. The molecular formula is C24H31FN2O2S. The third-order valence-corrected chi connectivity index (χ3v) is 5.79. The minimum atomic E-state index is -0.566. The second kappa shape index (κ2) is 11.7. The van der Waals surface area contributed by atoms with Gasteiger partial charge in [-0.05, 0) is 56.0 Å². The number of thioether (sulfide) groups is 1. The fraction of sp³-hybridized carbons (Fsp3) is 0.417. The lowest BCUT2D eigenvalue weighted by molar-refractivity contribution is -0.139. The monoisotopic (exact) mass is 430 g/mol. The van der Waals surface area contributed by atoms with Gasteiger partial charge < -0.3 is 10.2 Å². The summed E-state index contributed by atoms with van der Waals surface area (Å²) in [4.78, 5) is 27.5. The second-order valence-electron chi connectivity index (χ2n) is 7.65. The van der Waals surface area contributed by atoms with Crippen LogP contribution >= 0.6 is 11.8 Å². The molecule has 1 atom stereocenters. The molecule has 0 heterocycles. The van der Waals surface area contributed by atoms with Gasteiger partial charge in [0.05, 0.1) is 5.75 Å². The highest BCUT2D eigenvalue weighted by Gasteiger charge is 2.28. The third kappa shape index (κ3) is 7.17. The molecule has 0 fully saturated rings. The first-order chi connectivity index (χ1) is 14.3. The summed E-state index contributed by atoms with van der Waals surface area (Å²) in [6.45, 7) is 8.02. The van der Waals surface area contributed by atoms with Gasteiger partial charge in [0, 0.05) is 18.3 Å². The molecule has 2 rings (SSSR count). The predicted molar refractivity (Wildman–Crippen MR) is 122 cm³/mol. The molecule has 0 aliphatic rings. The third-order valence-electron chi connectivity index (χ3n) is 4.83. The van der Waals surface area contributed by atoms with E-state index in [0.29, 0.717) is 6.42 Å². The summed E-state index contributed by atoms with van der Waals surface area (Å²) >= 11 is 1.54. The van der Waals surface area contributed by atoms with Crippen LogP contribution in [0.4, 0.5) is 4.39 Å². The molecule has 2 aromatic carbocycles. The summed E-state index contributed by atoms with van der Waals surface area (Å²) in [6, 6.07) is 13.6. The van der Waals surface area contributed by atoms with Crippen molar-refractivity contribution in [2.45, 2.75) is 58.5 Å². The van der Waals surface area contributed by atoms with Crippen molar-refractivity contribution >= 4 is 23.6 Å². The number of nitrogens with one attached hydrogen (secondary N) is 1. The largest absolute Gasteiger partial charge is 0.352 e. The normalized spacial score (nSPS) is 11.9. The van der Waals surface area contributed by atoms with E-state index in [-0.39, 0.29) is 36.0 Å². The fourth-order valence-corrected chi connectivity index (χ4v) is 4.18. The molecule has 2 amide bonds. The quantitative estimate of drug-likeness (QED) is 0.594. The maximum atomic E-state index is 13.3. The van der Waals surface area contributed by atoms with Crippen molar-refractivity contribution in [3.63, 3.8) is 0 Å². The van der Waals surface area contributed by atoms with Crippen LogP contribution in [0, 0.1) is 12.7 Å². The SMILES string of the molecule is CC[C@@H](C(=O)NC(C)C)N(Cc1ccc(F)cc1)C(=O)CSCc1ccccc1C. The van der Waals surface area contributed by atoms with Crippen LogP contribution in [-0.4, -0.2) is 34.6 Å². The van der Waals surface area contributed by atoms with E-state index < -0.39 is 6.04 Å². The van der Waals surface area contributed by atoms with Crippen LogP contribution in [0.1, 0.15) is 43.9 Å². The van der Waals surface area contributed by atoms with E-state index in [4.69, 9.17) is 0 Å². The van der Waals surface area contributed by atoms with Crippen LogP contribution in [0.3, 0.4) is 0 Å². The molecule has 0 saturated carbocycles. The highest BCUT2D eigenvalue weighted by atomic mass is 32.2. The van der Waals surface area contributed by atoms with E-state index in [0.717, 1.165) is 11.3 Å². The maximum absolute atomic E-state index is 13.3. The van der Waals surface area contributed by atoms with Gasteiger partial charge in [0.15, 0.2) is 0 Å². The molecule has 1 N–H and O–H groups in total. The van der Waals surface area contributed by atoms with Gasteiger partial charge in [-0.25, -0.2) is 4.39 Å². The number of carbonyl (C=O) groups excluding carboxylic acids is 2. The van der Waals surface area contributed by atoms with Crippen molar-refractivity contribution in [3.05, 3.63) is 71.0 Å². The summed E-state index contributed by atoms with van der Waals surface area (Å²) < 4.78 is 13.3. The summed E-state index contributed by atoms with van der Waals surface area (Å²) in [5.41, 5.74) is 3.19. The minimum absolute atomic E-state index is 0.00949. The molecule has 4 nitrogen and oxygen atoms in total. The minimum Gasteiger partial charge on any atom is -0.352 e. The number of rotatable bonds is 10. The Morgan fingerprint density at radius 3 is 2.37 bits per heavy atom. The zero-order valence-electron chi connectivity index (χ0n) is 18.2. The molecule has 2 aromatic rings. The van der Waals surface area contributed by atoms with Crippen LogP contribution < -0.4 is 5.32 Å². The van der Waals surface area contributed by atoms with Gasteiger partial charge >= 0.3 is 0 Å². The first-order valence-corrected chi connectivity index (χ1v) is 11.4. The van der Waals surface area contributed by atoms with E-state index >= 15 is 0 Å². The molecule has 0 aliphatic heterocycles. The highest BCUT2D eigenvalue weighted by Crippen LogP contribution is 2.19. The van der Waals surface area contributed by atoms with Gasteiger partial charge in [0.2, 0.25) is 11.8 Å². The Morgan fingerprint density at radius 2 is 1.77 bits per heavy atom. The number of benzene rings is 2. The molecular weight excluding hydrogens is 399 g/mol. The number of hydrogen-bond acceptors (Lipinski definition) is 3. The highest BCUT2D eigenvalue weighted by molar-refractivity contribution is 7.99. The van der Waals surface area contributed by atoms with E-state index in [1.54, 1.807) is 28.8 Å². The Balaban J connectivity index is 2.13. The lowest BCUT2D eigenvalue weighted by atomic mass is 10.1. The Morgan fingerprint density at radius 1 is 1.10 bits per heavy atom. The molecule has 0 saturated heterocycles. The number of amides is 2. The first kappa shape index (κ1) is 23.9. The molecule has 0 radical (unpaired) electrons. The fourth-order valence-electron chi connectivity index (χ4n) is 3.19. The standard InChI is InChI=1S/C24H31FN2O2S/c1-5-22(24(29)26-17(2)3)27(14-19-10-12-21(25)13-11-19)23(28)16-30-15-20-9-7-6-8-18(20)4/h6-13,17,22H,5,14-16H2,1-4H3,(H,26,29)/t22-/m0/s1. The van der Waals surface area contributed by atoms with E-state index in [2.05, 4.69) is 24.4 Å². The van der Waals surface area contributed by atoms with Gasteiger partial charge in [0.1, 0.15) is 11.9 Å². The Bertz CT molecular complexity index is 839. The molecule has 162 valence electrons. The van der Waals surface area contributed by atoms with Crippen molar-refractivity contribution in [1.29, 1.82) is 0 Å². The van der Waals surface area contributed by atoms with Gasteiger partial charge in [-0.2, -0.15) is 0 Å². The molecule has 0 spiro atoms. The van der Waals surface area contributed by atoms with E-state index in [1.807, 2.05) is 32.9 Å². The Labute approximate surface area is 183 Å². The molecule has 0 aliphatic carbocycles. The molecule has 0 bridgehead atoms. The number of halogens is 1. The maximum Gasteiger partial charge on any atom is 0.243 e. The Hall–Kier alpha value is -2.34. The molecule has 6 heteroatoms. The second-order valence-corrected chi connectivity index (χ2v) is 8.64. The predicted octanol–water partition coefficient (Wildman–Crippen LogP) is 4.70. The zero-order chi connectivity index (χ0) is 22.1. The number of nitrogens with zero attached hydrogens (tertiary/aromatic N) is 1. The van der Waals surface area contributed by atoms with Crippen LogP contribution in [0.15, 0.2) is 48.5 Å². The van der Waals surface area contributed by atoms with Gasteiger partial charge in [-0.1, -0.05) is 43.3 Å². The summed E-state index contributed by atoms with van der Waals surface area (Å²) in [6.07, 6.45) is 0.508. The van der Waals surface area contributed by atoms with Gasteiger partial charge in [-0.3, -0.25) is 9.59 Å². The average Bonchev–Trinajstić information content (AvgIpc) is 2.70. The van der Waals surface area contributed by atoms with Crippen LogP contribution in [0.2, 0.25) is 0 Å². The summed E-state index contributed by atoms with van der Waals surface area (Å²) in [5.74, 6) is 0.434. The van der Waals surface area contributed by atoms with Crippen LogP contribution in [-0.2, 0) is 21.9 Å². The summed E-state index contributed by atoms with van der Waals surface area (Å²) in [5, 5.41) is 2.91. The molecule has 0 aromatic heterocycles. The van der Waals surface area contributed by atoms with Crippen molar-refractivity contribution in [3.8, 4) is 0 Å². The molecule has 30 heavy (non-hydrogen) atoms. The zero-order valence-corrected chi connectivity index (χ0v) is 19.0. The lowest BCUT2D eigenvalue weighted by Crippen LogP contribution is -2.50. The topological polar surface area (TPSA) is 49.4 Å². The first-order valence-electron chi connectivity index (χ1n) is 10.3. The van der Waals surface area contributed by atoms with E-state index in [1.165, 1.54) is 23.3 Å². The van der Waals surface area contributed by atoms with Gasteiger partial charge in [0.25, 0.3) is 0 Å². The molecule has 0 unspecified atom stereocenters. The average molecular weight is 431 g/mol. The van der Waals surface area contributed by atoms with Gasteiger partial charge in [-0.15, -0.1) is 11.8 Å². The van der Waals surface area contributed by atoms with Crippen molar-refractivity contribution in [2.24, 2.45) is 0 Å².